The maximum atomic E-state index is 15.5. The SMILES string of the molecule is CC(C)/C(F)=C\C1=C(N)Nc2cc(F)c(N3C4CCC3COC4)cc2N(C(=O)C2CCCCC2)C1. The fraction of sp³-hybridized carbons (Fsp3) is 0.593. The van der Waals surface area contributed by atoms with Crippen molar-refractivity contribution in [3.63, 3.8) is 0 Å². The summed E-state index contributed by atoms with van der Waals surface area (Å²) >= 11 is 0. The molecule has 0 spiro atoms. The zero-order valence-electron chi connectivity index (χ0n) is 20.7. The molecule has 1 amide bonds. The molecule has 6 nitrogen and oxygen atoms in total. The van der Waals surface area contributed by atoms with Crippen molar-refractivity contribution in [2.75, 3.05) is 34.9 Å². The molecule has 3 fully saturated rings. The number of halogens is 2. The van der Waals surface area contributed by atoms with Crippen LogP contribution in [-0.4, -0.2) is 37.7 Å². The average Bonchev–Trinajstić information content (AvgIpc) is 3.01. The van der Waals surface area contributed by atoms with Crippen LogP contribution < -0.4 is 20.9 Å². The van der Waals surface area contributed by atoms with Gasteiger partial charge in [-0.2, -0.15) is 0 Å². The fourth-order valence-corrected chi connectivity index (χ4v) is 5.88. The maximum absolute atomic E-state index is 15.5. The Balaban J connectivity index is 1.58. The van der Waals surface area contributed by atoms with E-state index < -0.39 is 0 Å². The van der Waals surface area contributed by atoms with Gasteiger partial charge in [-0.05, 0) is 37.8 Å². The molecule has 2 atom stereocenters. The molecule has 0 aromatic heterocycles. The lowest BCUT2D eigenvalue weighted by molar-refractivity contribution is -0.123. The van der Waals surface area contributed by atoms with Gasteiger partial charge in [0.05, 0.1) is 48.9 Å². The Morgan fingerprint density at radius 1 is 1.11 bits per heavy atom. The number of nitrogens with two attached hydrogens (primary N) is 1. The Hall–Kier alpha value is -2.61. The summed E-state index contributed by atoms with van der Waals surface area (Å²) in [6.07, 6.45) is 8.19. The van der Waals surface area contributed by atoms with E-state index in [1.165, 1.54) is 12.1 Å². The molecular weight excluding hydrogens is 450 g/mol. The lowest BCUT2D eigenvalue weighted by Crippen LogP contribution is -2.46. The summed E-state index contributed by atoms with van der Waals surface area (Å²) in [7, 11) is 0. The molecule has 3 heterocycles. The third kappa shape index (κ3) is 4.65. The zero-order chi connectivity index (χ0) is 24.7. The lowest BCUT2D eigenvalue weighted by atomic mass is 9.88. The van der Waals surface area contributed by atoms with Crippen LogP contribution in [0.3, 0.4) is 0 Å². The molecule has 5 rings (SSSR count). The van der Waals surface area contributed by atoms with Crippen molar-refractivity contribution in [3.8, 4) is 0 Å². The Morgan fingerprint density at radius 3 is 2.46 bits per heavy atom. The van der Waals surface area contributed by atoms with Crippen LogP contribution >= 0.6 is 0 Å². The zero-order valence-corrected chi connectivity index (χ0v) is 20.7. The molecule has 0 radical (unpaired) electrons. The first kappa shape index (κ1) is 24.1. The minimum absolute atomic E-state index is 0.000752. The van der Waals surface area contributed by atoms with Crippen LogP contribution in [-0.2, 0) is 9.53 Å². The first-order chi connectivity index (χ1) is 16.8. The Kier molecular flexibility index (Phi) is 6.75. The van der Waals surface area contributed by atoms with Crippen LogP contribution in [0, 0.1) is 17.7 Å². The van der Waals surface area contributed by atoms with E-state index in [-0.39, 0.29) is 53.8 Å². The van der Waals surface area contributed by atoms with Crippen molar-refractivity contribution in [3.05, 3.63) is 41.2 Å². The molecule has 1 aromatic carbocycles. The molecule has 3 N–H and O–H groups in total. The second-order valence-electron chi connectivity index (χ2n) is 10.7. The summed E-state index contributed by atoms with van der Waals surface area (Å²) in [5, 5.41) is 3.08. The van der Waals surface area contributed by atoms with Gasteiger partial charge in [-0.3, -0.25) is 4.79 Å². The second-order valence-corrected chi connectivity index (χ2v) is 10.7. The van der Waals surface area contributed by atoms with E-state index in [9.17, 15) is 9.18 Å². The van der Waals surface area contributed by atoms with Crippen molar-refractivity contribution >= 4 is 23.0 Å². The summed E-state index contributed by atoms with van der Waals surface area (Å²) in [6, 6.07) is 3.47. The fourth-order valence-electron chi connectivity index (χ4n) is 5.88. The number of amides is 1. The number of benzene rings is 1. The van der Waals surface area contributed by atoms with Crippen molar-refractivity contribution < 1.29 is 18.3 Å². The Bertz CT molecular complexity index is 1030. The highest BCUT2D eigenvalue weighted by atomic mass is 19.1. The molecule has 35 heavy (non-hydrogen) atoms. The molecule has 3 aliphatic heterocycles. The van der Waals surface area contributed by atoms with Crippen LogP contribution in [0.1, 0.15) is 58.8 Å². The highest BCUT2D eigenvalue weighted by Gasteiger charge is 2.40. The summed E-state index contributed by atoms with van der Waals surface area (Å²) in [5.74, 6) is -0.827. The number of nitrogens with zero attached hydrogens (tertiary/aromatic N) is 2. The molecule has 190 valence electrons. The van der Waals surface area contributed by atoms with Crippen LogP contribution in [0.25, 0.3) is 0 Å². The third-order valence-electron chi connectivity index (χ3n) is 7.90. The van der Waals surface area contributed by atoms with Gasteiger partial charge in [-0.25, -0.2) is 8.78 Å². The monoisotopic (exact) mass is 486 g/mol. The number of allylic oxidation sites excluding steroid dienone is 1. The second kappa shape index (κ2) is 9.80. The summed E-state index contributed by atoms with van der Waals surface area (Å²) in [4.78, 5) is 17.7. The van der Waals surface area contributed by atoms with Gasteiger partial charge >= 0.3 is 0 Å². The topological polar surface area (TPSA) is 70.8 Å². The van der Waals surface area contributed by atoms with Gasteiger partial charge in [0.25, 0.3) is 0 Å². The lowest BCUT2D eigenvalue weighted by Gasteiger charge is -2.37. The first-order valence-corrected chi connectivity index (χ1v) is 13.0. The summed E-state index contributed by atoms with van der Waals surface area (Å²) in [6.45, 7) is 4.83. The minimum Gasteiger partial charge on any atom is -0.385 e. The van der Waals surface area contributed by atoms with E-state index in [4.69, 9.17) is 10.5 Å². The molecule has 8 heteroatoms. The van der Waals surface area contributed by atoms with Gasteiger partial charge in [0.15, 0.2) is 0 Å². The average molecular weight is 487 g/mol. The quantitative estimate of drug-likeness (QED) is 0.611. The van der Waals surface area contributed by atoms with Gasteiger partial charge < -0.3 is 25.6 Å². The number of carbonyl (C=O) groups is 1. The van der Waals surface area contributed by atoms with E-state index >= 15 is 4.39 Å². The molecule has 1 aromatic rings. The number of carbonyl (C=O) groups excluding carboxylic acids is 1. The number of anilines is 3. The van der Waals surface area contributed by atoms with Crippen LogP contribution in [0.5, 0.6) is 0 Å². The molecule has 1 saturated carbocycles. The number of hydrogen-bond donors (Lipinski definition) is 2. The largest absolute Gasteiger partial charge is 0.385 e. The van der Waals surface area contributed by atoms with Crippen LogP contribution in [0.15, 0.2) is 35.4 Å². The van der Waals surface area contributed by atoms with Crippen molar-refractivity contribution in [2.45, 2.75) is 70.9 Å². The van der Waals surface area contributed by atoms with E-state index in [2.05, 4.69) is 10.2 Å². The van der Waals surface area contributed by atoms with Gasteiger partial charge in [-0.1, -0.05) is 33.1 Å². The molecule has 2 unspecified atom stereocenters. The number of nitrogens with one attached hydrogen (secondary N) is 1. The predicted molar refractivity (Wildman–Crippen MR) is 134 cm³/mol. The smallest absolute Gasteiger partial charge is 0.230 e. The number of hydrogen-bond acceptors (Lipinski definition) is 5. The van der Waals surface area contributed by atoms with Crippen LogP contribution in [0.2, 0.25) is 0 Å². The van der Waals surface area contributed by atoms with Gasteiger partial charge in [0, 0.05) is 23.5 Å². The molecule has 2 bridgehead atoms. The van der Waals surface area contributed by atoms with Crippen molar-refractivity contribution in [2.24, 2.45) is 17.6 Å². The predicted octanol–water partition coefficient (Wildman–Crippen LogP) is 5.21. The van der Waals surface area contributed by atoms with E-state index in [0.717, 1.165) is 44.9 Å². The number of morpholine rings is 1. The number of rotatable bonds is 4. The highest BCUT2D eigenvalue weighted by molar-refractivity contribution is 6.00. The Morgan fingerprint density at radius 2 is 1.80 bits per heavy atom. The third-order valence-corrected chi connectivity index (χ3v) is 7.90. The molecule has 2 saturated heterocycles. The highest BCUT2D eigenvalue weighted by Crippen LogP contribution is 2.42. The van der Waals surface area contributed by atoms with Crippen molar-refractivity contribution in [1.82, 2.24) is 0 Å². The van der Waals surface area contributed by atoms with Gasteiger partial charge in [-0.15, -0.1) is 0 Å². The molecule has 1 aliphatic carbocycles. The summed E-state index contributed by atoms with van der Waals surface area (Å²) in [5.41, 5.74) is 8.35. The molecular formula is C27H36F2N4O2. The maximum Gasteiger partial charge on any atom is 0.230 e. The summed E-state index contributed by atoms with van der Waals surface area (Å²) < 4.78 is 35.9. The van der Waals surface area contributed by atoms with Gasteiger partial charge in [0.2, 0.25) is 5.91 Å². The molecule has 4 aliphatic rings. The Labute approximate surface area is 206 Å². The van der Waals surface area contributed by atoms with E-state index in [1.54, 1.807) is 24.8 Å². The van der Waals surface area contributed by atoms with E-state index in [0.29, 0.717) is 35.8 Å². The van der Waals surface area contributed by atoms with Crippen molar-refractivity contribution in [1.29, 1.82) is 0 Å². The standard InChI is InChI=1S/C27H36F2N4O2/c1-16(2)21(28)10-18-13-32(27(34)17-6-4-3-5-7-17)25-12-24(22(29)11-23(25)31-26(18)30)33-19-8-9-20(33)15-35-14-19/h10-12,16-17,19-20,31H,3-9,13-15,30H2,1-2H3/b21-10+. The minimum atomic E-state index is -0.361. The number of fused-ring (bicyclic) bond motifs is 3. The van der Waals surface area contributed by atoms with Crippen LogP contribution in [0.4, 0.5) is 25.8 Å². The normalized spacial score (nSPS) is 25.6. The van der Waals surface area contributed by atoms with Gasteiger partial charge in [0.1, 0.15) is 17.5 Å². The van der Waals surface area contributed by atoms with E-state index in [1.807, 2.05) is 0 Å². The first-order valence-electron chi connectivity index (χ1n) is 13.0. The number of ether oxygens (including phenoxy) is 1.